The minimum Gasteiger partial charge on any atom is -0.332 e. The Hall–Kier alpha value is -1.61. The third kappa shape index (κ3) is 3.18. The topological polar surface area (TPSA) is 29.9 Å². The zero-order valence-electron chi connectivity index (χ0n) is 13.0. The molecule has 1 aromatic heterocycles. The number of imidazole rings is 1. The van der Waals surface area contributed by atoms with E-state index < -0.39 is 0 Å². The fraction of sp³-hybridized carbons (Fsp3) is 0.500. The van der Waals surface area contributed by atoms with E-state index in [0.717, 1.165) is 19.5 Å². The van der Waals surface area contributed by atoms with E-state index in [0.29, 0.717) is 17.9 Å². The van der Waals surface area contributed by atoms with Crippen LogP contribution in [0, 0.1) is 5.92 Å². The van der Waals surface area contributed by atoms with Crippen LogP contribution in [0.2, 0.25) is 0 Å². The number of rotatable bonds is 4. The van der Waals surface area contributed by atoms with Gasteiger partial charge < -0.3 is 9.88 Å². The van der Waals surface area contributed by atoms with Crippen molar-refractivity contribution >= 4 is 0 Å². The quantitative estimate of drug-likeness (QED) is 0.932. The summed E-state index contributed by atoms with van der Waals surface area (Å²) in [7, 11) is 0. The maximum absolute atomic E-state index is 4.40. The van der Waals surface area contributed by atoms with Gasteiger partial charge in [0.15, 0.2) is 0 Å². The maximum atomic E-state index is 4.40. The Morgan fingerprint density at radius 1 is 1.29 bits per heavy atom. The van der Waals surface area contributed by atoms with Crippen molar-refractivity contribution in [3.8, 4) is 0 Å². The third-order valence-electron chi connectivity index (χ3n) is 4.58. The van der Waals surface area contributed by atoms with E-state index in [1.807, 2.05) is 6.33 Å². The van der Waals surface area contributed by atoms with Crippen LogP contribution < -0.4 is 5.32 Å². The Morgan fingerprint density at radius 2 is 2.10 bits per heavy atom. The minimum atomic E-state index is 0.481. The van der Waals surface area contributed by atoms with Crippen LogP contribution in [0.5, 0.6) is 0 Å². The fourth-order valence-electron chi connectivity index (χ4n) is 3.48. The number of nitrogens with zero attached hydrogens (tertiary/aromatic N) is 2. The zero-order chi connectivity index (χ0) is 14.7. The molecule has 3 nitrogen and oxygen atoms in total. The van der Waals surface area contributed by atoms with Gasteiger partial charge >= 0.3 is 0 Å². The monoisotopic (exact) mass is 283 g/mol. The Balaban J connectivity index is 1.83. The van der Waals surface area contributed by atoms with Crippen LogP contribution in [0.1, 0.15) is 43.5 Å². The predicted octanol–water partition coefficient (Wildman–Crippen LogP) is 3.40. The van der Waals surface area contributed by atoms with Crippen LogP contribution >= 0.6 is 0 Å². The predicted molar refractivity (Wildman–Crippen MR) is 86.5 cm³/mol. The molecule has 1 aliphatic rings. The van der Waals surface area contributed by atoms with Crippen molar-refractivity contribution in [3.05, 3.63) is 54.1 Å². The van der Waals surface area contributed by atoms with Crippen molar-refractivity contribution in [1.82, 2.24) is 14.9 Å². The summed E-state index contributed by atoms with van der Waals surface area (Å²) in [5.41, 5.74) is 2.85. The molecular formula is C18H25N3. The SMILES string of the molecule is CC(C)n1cncc1C1CCNCC1Cc1ccccc1. The molecule has 1 saturated heterocycles. The molecule has 1 aromatic carbocycles. The summed E-state index contributed by atoms with van der Waals surface area (Å²) in [4.78, 5) is 4.40. The van der Waals surface area contributed by atoms with E-state index in [9.17, 15) is 0 Å². The highest BCUT2D eigenvalue weighted by atomic mass is 15.1. The largest absolute Gasteiger partial charge is 0.332 e. The zero-order valence-corrected chi connectivity index (χ0v) is 13.0. The van der Waals surface area contributed by atoms with Crippen molar-refractivity contribution in [2.24, 2.45) is 5.92 Å². The highest BCUT2D eigenvalue weighted by molar-refractivity contribution is 5.18. The van der Waals surface area contributed by atoms with E-state index in [2.05, 4.69) is 65.2 Å². The molecule has 2 unspecified atom stereocenters. The molecule has 0 bridgehead atoms. The molecule has 1 N–H and O–H groups in total. The number of hydrogen-bond acceptors (Lipinski definition) is 2. The van der Waals surface area contributed by atoms with Crippen LogP contribution in [0.4, 0.5) is 0 Å². The summed E-state index contributed by atoms with van der Waals surface area (Å²) in [6.07, 6.45) is 6.41. The molecule has 1 aliphatic heterocycles. The molecule has 1 fully saturated rings. The van der Waals surface area contributed by atoms with Gasteiger partial charge in [0.25, 0.3) is 0 Å². The van der Waals surface area contributed by atoms with Crippen LogP contribution in [-0.2, 0) is 6.42 Å². The van der Waals surface area contributed by atoms with Crippen molar-refractivity contribution in [3.63, 3.8) is 0 Å². The van der Waals surface area contributed by atoms with E-state index in [4.69, 9.17) is 0 Å². The fourth-order valence-corrected chi connectivity index (χ4v) is 3.48. The Bertz CT molecular complexity index is 559. The van der Waals surface area contributed by atoms with E-state index in [-0.39, 0.29) is 0 Å². The van der Waals surface area contributed by atoms with Gasteiger partial charge in [0.2, 0.25) is 0 Å². The Kier molecular flexibility index (Phi) is 4.39. The molecule has 3 heteroatoms. The van der Waals surface area contributed by atoms with Gasteiger partial charge in [-0.25, -0.2) is 4.98 Å². The number of nitrogens with one attached hydrogen (secondary N) is 1. The number of hydrogen-bond donors (Lipinski definition) is 1. The van der Waals surface area contributed by atoms with Gasteiger partial charge in [0.1, 0.15) is 0 Å². The lowest BCUT2D eigenvalue weighted by Crippen LogP contribution is -2.37. The first-order valence-electron chi connectivity index (χ1n) is 8.02. The molecule has 112 valence electrons. The molecule has 2 aromatic rings. The molecule has 0 amide bonds. The average Bonchev–Trinajstić information content (AvgIpc) is 2.98. The summed E-state index contributed by atoms with van der Waals surface area (Å²) in [6.45, 7) is 6.68. The maximum Gasteiger partial charge on any atom is 0.0950 e. The first-order valence-corrected chi connectivity index (χ1v) is 8.02. The highest BCUT2D eigenvalue weighted by Gasteiger charge is 2.29. The molecule has 21 heavy (non-hydrogen) atoms. The standard InChI is InChI=1S/C18H25N3/c1-14(2)21-13-20-12-18(21)17-8-9-19-11-16(17)10-15-6-4-3-5-7-15/h3-7,12-14,16-17,19H,8-11H2,1-2H3. The van der Waals surface area contributed by atoms with Crippen molar-refractivity contribution in [1.29, 1.82) is 0 Å². The first kappa shape index (κ1) is 14.3. The second kappa shape index (κ2) is 6.44. The lowest BCUT2D eigenvalue weighted by Gasteiger charge is -2.33. The first-order chi connectivity index (χ1) is 10.3. The molecule has 0 saturated carbocycles. The summed E-state index contributed by atoms with van der Waals surface area (Å²) in [5.74, 6) is 1.26. The van der Waals surface area contributed by atoms with Crippen LogP contribution in [0.15, 0.2) is 42.9 Å². The van der Waals surface area contributed by atoms with Gasteiger partial charge in [0.05, 0.1) is 6.33 Å². The van der Waals surface area contributed by atoms with Crippen molar-refractivity contribution in [2.45, 2.75) is 38.6 Å². The van der Waals surface area contributed by atoms with E-state index in [1.54, 1.807) is 0 Å². The van der Waals surface area contributed by atoms with Crippen LogP contribution in [-0.4, -0.2) is 22.6 Å². The molecule has 2 atom stereocenters. The van der Waals surface area contributed by atoms with Gasteiger partial charge in [-0.2, -0.15) is 0 Å². The lowest BCUT2D eigenvalue weighted by molar-refractivity contribution is 0.309. The summed E-state index contributed by atoms with van der Waals surface area (Å²) in [6, 6.07) is 11.3. The Morgan fingerprint density at radius 3 is 2.86 bits per heavy atom. The van der Waals surface area contributed by atoms with Crippen molar-refractivity contribution in [2.75, 3.05) is 13.1 Å². The van der Waals surface area contributed by atoms with E-state index >= 15 is 0 Å². The molecule has 3 rings (SSSR count). The van der Waals surface area contributed by atoms with Gasteiger partial charge in [-0.3, -0.25) is 0 Å². The van der Waals surface area contributed by atoms with Crippen LogP contribution in [0.25, 0.3) is 0 Å². The third-order valence-corrected chi connectivity index (χ3v) is 4.58. The van der Waals surface area contributed by atoms with E-state index in [1.165, 1.54) is 17.7 Å². The summed E-state index contributed by atoms with van der Waals surface area (Å²) < 4.78 is 2.34. The second-order valence-corrected chi connectivity index (χ2v) is 6.37. The highest BCUT2D eigenvalue weighted by Crippen LogP contribution is 2.33. The lowest BCUT2D eigenvalue weighted by atomic mass is 9.80. The number of piperidine rings is 1. The van der Waals surface area contributed by atoms with Crippen molar-refractivity contribution < 1.29 is 0 Å². The molecule has 2 heterocycles. The summed E-state index contributed by atoms with van der Waals surface area (Å²) >= 11 is 0. The molecule has 0 aliphatic carbocycles. The Labute approximate surface area is 127 Å². The number of benzene rings is 1. The van der Waals surface area contributed by atoms with Gasteiger partial charge in [-0.1, -0.05) is 30.3 Å². The molecule has 0 spiro atoms. The minimum absolute atomic E-state index is 0.481. The molecule has 0 radical (unpaired) electrons. The summed E-state index contributed by atoms with van der Waals surface area (Å²) in [5, 5.41) is 3.57. The van der Waals surface area contributed by atoms with Gasteiger partial charge in [-0.15, -0.1) is 0 Å². The average molecular weight is 283 g/mol. The van der Waals surface area contributed by atoms with Gasteiger partial charge in [-0.05, 0) is 51.3 Å². The smallest absolute Gasteiger partial charge is 0.0950 e. The van der Waals surface area contributed by atoms with Crippen LogP contribution in [0.3, 0.4) is 0 Å². The van der Waals surface area contributed by atoms with Gasteiger partial charge in [0, 0.05) is 23.9 Å². The normalized spacial score (nSPS) is 22.6. The number of aromatic nitrogens is 2. The molecular weight excluding hydrogens is 258 g/mol. The second-order valence-electron chi connectivity index (χ2n) is 6.37.